The summed E-state index contributed by atoms with van der Waals surface area (Å²) in [5.41, 5.74) is 0. The van der Waals surface area contributed by atoms with E-state index in [1.807, 2.05) is 0 Å². The third kappa shape index (κ3) is 9.86. The van der Waals surface area contributed by atoms with Crippen molar-refractivity contribution in [3.05, 3.63) is 0 Å². The molecule has 0 heterocycles. The van der Waals surface area contributed by atoms with E-state index in [1.54, 1.807) is 0 Å². The Morgan fingerprint density at radius 2 is 1.38 bits per heavy atom. The van der Waals surface area contributed by atoms with E-state index >= 15 is 0 Å². The van der Waals surface area contributed by atoms with Gasteiger partial charge < -0.3 is 0 Å². The molecule has 0 aromatic rings. The Bertz CT molecular complexity index is 86.6. The first-order chi connectivity index (χ1) is 3.13. The molecular weight excluding hydrogens is 207 g/mol. The minimum absolute atomic E-state index is 0. The van der Waals surface area contributed by atoms with Crippen molar-refractivity contribution in [2.24, 2.45) is 0 Å². The van der Waals surface area contributed by atoms with Gasteiger partial charge in [0.1, 0.15) is 0 Å². The van der Waals surface area contributed by atoms with Crippen LogP contribution >= 0.6 is 16.5 Å². The Hall–Kier alpha value is 0.703. The average Bonchev–Trinajstić information content (AvgIpc) is 1.27. The van der Waals surface area contributed by atoms with Gasteiger partial charge in [0.25, 0.3) is 0 Å². The molecule has 8 heavy (non-hydrogen) atoms. The molecule has 2 atom stereocenters. The van der Waals surface area contributed by atoms with Crippen molar-refractivity contribution in [2.75, 3.05) is 0 Å². The summed E-state index contributed by atoms with van der Waals surface area (Å²) in [7, 11) is -5.85. The minimum atomic E-state index is -2.92. The van der Waals surface area contributed by atoms with Crippen LogP contribution in [0.2, 0.25) is 0 Å². The molecule has 0 radical (unpaired) electrons. The smallest absolute Gasteiger partial charge is 0.131 e. The van der Waals surface area contributed by atoms with E-state index in [4.69, 9.17) is 9.79 Å². The molecule has 0 aromatic carbocycles. The SMILES string of the molecule is O=[P+](O)O[P+](=O)O.[Zn]. The summed E-state index contributed by atoms with van der Waals surface area (Å²) in [5, 5.41) is 0. The maximum Gasteiger partial charge on any atom is 0.745 e. The molecule has 0 aromatic heterocycles. The summed E-state index contributed by atoms with van der Waals surface area (Å²) >= 11 is 0. The van der Waals surface area contributed by atoms with Gasteiger partial charge in [0, 0.05) is 28.6 Å². The quantitative estimate of drug-likeness (QED) is 0.505. The molecule has 0 fully saturated rings. The molecular formula is H2O5P2Zn+2. The van der Waals surface area contributed by atoms with Crippen LogP contribution in [0.15, 0.2) is 0 Å². The van der Waals surface area contributed by atoms with Gasteiger partial charge in [0.2, 0.25) is 0 Å². The van der Waals surface area contributed by atoms with E-state index in [0.29, 0.717) is 0 Å². The van der Waals surface area contributed by atoms with Crippen LogP contribution in [0.4, 0.5) is 0 Å². The van der Waals surface area contributed by atoms with Crippen LogP contribution < -0.4 is 0 Å². The van der Waals surface area contributed by atoms with Gasteiger partial charge in [0.15, 0.2) is 4.31 Å². The van der Waals surface area contributed by atoms with E-state index < -0.39 is 16.5 Å². The molecule has 0 saturated carbocycles. The molecule has 8 heteroatoms. The molecule has 0 saturated heterocycles. The first kappa shape index (κ1) is 11.5. The second-order valence-corrected chi connectivity index (χ2v) is 2.16. The van der Waals surface area contributed by atoms with E-state index in [2.05, 4.69) is 4.31 Å². The molecule has 0 bridgehead atoms. The summed E-state index contributed by atoms with van der Waals surface area (Å²) < 4.78 is 22.2. The van der Waals surface area contributed by atoms with Crippen LogP contribution in [-0.4, -0.2) is 9.79 Å². The summed E-state index contributed by atoms with van der Waals surface area (Å²) in [6, 6.07) is 0. The Morgan fingerprint density at radius 1 is 1.12 bits per heavy atom. The number of hydrogen-bond donors (Lipinski definition) is 2. The third-order valence-corrected chi connectivity index (χ3v) is 1.26. The summed E-state index contributed by atoms with van der Waals surface area (Å²) in [4.78, 5) is 15.3. The van der Waals surface area contributed by atoms with Gasteiger partial charge in [-0.25, -0.2) is 0 Å². The van der Waals surface area contributed by atoms with Gasteiger partial charge >= 0.3 is 16.5 Å². The zero-order valence-electron chi connectivity index (χ0n) is 3.72. The Kier molecular flexibility index (Phi) is 8.38. The van der Waals surface area contributed by atoms with Crippen molar-refractivity contribution in [3.8, 4) is 0 Å². The van der Waals surface area contributed by atoms with E-state index in [1.165, 1.54) is 0 Å². The Balaban J connectivity index is 0. The molecule has 0 aliphatic heterocycles. The monoisotopic (exact) mass is 208 g/mol. The average molecular weight is 209 g/mol. The molecule has 42 valence electrons. The van der Waals surface area contributed by atoms with Crippen molar-refractivity contribution in [2.45, 2.75) is 0 Å². The predicted octanol–water partition coefficient (Wildman–Crippen LogP) is 0.300. The van der Waals surface area contributed by atoms with E-state index in [-0.39, 0.29) is 19.5 Å². The molecule has 0 spiro atoms. The van der Waals surface area contributed by atoms with Gasteiger partial charge in [0.05, 0.1) is 0 Å². The standard InChI is InChI=1S/O5P2.Zn/c1-6(2)5-7(3)4;/p+2. The van der Waals surface area contributed by atoms with Crippen LogP contribution in [-0.2, 0) is 32.9 Å². The fourth-order valence-electron chi connectivity index (χ4n) is 0.0598. The summed E-state index contributed by atoms with van der Waals surface area (Å²) in [5.74, 6) is 0. The molecule has 0 rings (SSSR count). The molecule has 0 aliphatic rings. The largest absolute Gasteiger partial charge is 0.745 e. The number of rotatable bonds is 2. The fourth-order valence-corrected chi connectivity index (χ4v) is 0.538. The van der Waals surface area contributed by atoms with Crippen molar-refractivity contribution in [1.29, 1.82) is 0 Å². The maximum atomic E-state index is 9.39. The predicted molar refractivity (Wildman–Crippen MR) is 20.7 cm³/mol. The van der Waals surface area contributed by atoms with Gasteiger partial charge in [-0.05, 0) is 0 Å². The van der Waals surface area contributed by atoms with Crippen LogP contribution in [0.25, 0.3) is 0 Å². The third-order valence-electron chi connectivity index (χ3n) is 0.140. The fraction of sp³-hybridized carbons (Fsp3) is 0. The van der Waals surface area contributed by atoms with Crippen LogP contribution in [0.5, 0.6) is 0 Å². The molecule has 0 aliphatic carbocycles. The maximum absolute atomic E-state index is 9.39. The van der Waals surface area contributed by atoms with E-state index in [9.17, 15) is 9.13 Å². The van der Waals surface area contributed by atoms with Gasteiger partial charge in [-0.15, -0.1) is 9.79 Å². The second-order valence-electron chi connectivity index (χ2n) is 0.557. The zero-order chi connectivity index (χ0) is 5.86. The van der Waals surface area contributed by atoms with Crippen LogP contribution in [0, 0.1) is 0 Å². The van der Waals surface area contributed by atoms with Gasteiger partial charge in [-0.3, -0.25) is 0 Å². The summed E-state index contributed by atoms with van der Waals surface area (Å²) in [6.07, 6.45) is 0. The molecule has 5 nitrogen and oxygen atoms in total. The Morgan fingerprint density at radius 3 is 1.38 bits per heavy atom. The zero-order valence-corrected chi connectivity index (χ0v) is 8.48. The molecule has 0 amide bonds. The van der Waals surface area contributed by atoms with Crippen molar-refractivity contribution in [3.63, 3.8) is 0 Å². The molecule has 2 unspecified atom stereocenters. The van der Waals surface area contributed by atoms with Crippen molar-refractivity contribution < 1.29 is 42.7 Å². The first-order valence-electron chi connectivity index (χ1n) is 1.13. The van der Waals surface area contributed by atoms with Crippen LogP contribution in [0.1, 0.15) is 0 Å². The first-order valence-corrected chi connectivity index (χ1v) is 3.39. The minimum Gasteiger partial charge on any atom is -0.131 e. The van der Waals surface area contributed by atoms with E-state index in [0.717, 1.165) is 0 Å². The van der Waals surface area contributed by atoms with Gasteiger partial charge in [-0.2, -0.15) is 0 Å². The Labute approximate surface area is 59.7 Å². The molecule has 2 N–H and O–H groups in total. The van der Waals surface area contributed by atoms with Crippen LogP contribution in [0.3, 0.4) is 0 Å². The second kappa shape index (κ2) is 5.83. The normalized spacial score (nSPS) is 11.8. The van der Waals surface area contributed by atoms with Crippen molar-refractivity contribution in [1.82, 2.24) is 0 Å². The van der Waals surface area contributed by atoms with Crippen molar-refractivity contribution >= 4 is 16.5 Å². The topological polar surface area (TPSA) is 83.8 Å². The number of hydrogen-bond acceptors (Lipinski definition) is 3. The van der Waals surface area contributed by atoms with Gasteiger partial charge in [-0.1, -0.05) is 0 Å². The summed E-state index contributed by atoms with van der Waals surface area (Å²) in [6.45, 7) is 0.